The first-order valence-electron chi connectivity index (χ1n) is 4.66. The number of hydrogen-bond donors (Lipinski definition) is 0. The molecule has 0 aliphatic rings. The number of methoxy groups -OCH3 is 1. The zero-order chi connectivity index (χ0) is 11.4. The van der Waals surface area contributed by atoms with Gasteiger partial charge in [0.05, 0.1) is 12.7 Å². The summed E-state index contributed by atoms with van der Waals surface area (Å²) in [4.78, 5) is 11.2. The highest BCUT2D eigenvalue weighted by molar-refractivity contribution is 7.07. The van der Waals surface area contributed by atoms with Gasteiger partial charge in [0.1, 0.15) is 0 Å². The average molecular weight is 345 g/mol. The van der Waals surface area contributed by atoms with Gasteiger partial charge in [0, 0.05) is 6.07 Å². The van der Waals surface area contributed by atoms with E-state index in [0.29, 0.717) is 5.56 Å². The van der Waals surface area contributed by atoms with E-state index in [1.165, 1.54) is 13.6 Å². The Labute approximate surface area is 109 Å². The van der Waals surface area contributed by atoms with Crippen LogP contribution in [-0.4, -0.2) is 13.1 Å². The molecule has 82 valence electrons. The first kappa shape index (κ1) is 11.6. The predicted octanol–water partition coefficient (Wildman–Crippen LogP) is -0.337. The van der Waals surface area contributed by atoms with Crippen molar-refractivity contribution in [2.24, 2.45) is 0 Å². The monoisotopic (exact) mass is 345 g/mol. The second-order valence-corrected chi connectivity index (χ2v) is 7.64. The fourth-order valence-electron chi connectivity index (χ4n) is 1.19. The standard InChI is InChI=1S/C12H10IO2S/c1-15-12(14)9-4-6-10(7-5-9)13-11-3-2-8-16-11/h2-8H,1H3/q+1. The van der Waals surface area contributed by atoms with Crippen molar-refractivity contribution in [1.82, 2.24) is 0 Å². The summed E-state index contributed by atoms with van der Waals surface area (Å²) in [5, 5.41) is 2.10. The van der Waals surface area contributed by atoms with Crippen LogP contribution in [0.5, 0.6) is 0 Å². The van der Waals surface area contributed by atoms with E-state index in [9.17, 15) is 4.79 Å². The molecule has 4 heteroatoms. The van der Waals surface area contributed by atoms with Crippen molar-refractivity contribution in [1.29, 1.82) is 0 Å². The van der Waals surface area contributed by atoms with Crippen LogP contribution in [0.3, 0.4) is 0 Å². The van der Waals surface area contributed by atoms with E-state index in [1.807, 2.05) is 24.3 Å². The number of esters is 1. The lowest BCUT2D eigenvalue weighted by Crippen LogP contribution is -3.61. The Kier molecular flexibility index (Phi) is 3.95. The fourth-order valence-corrected chi connectivity index (χ4v) is 4.82. The van der Waals surface area contributed by atoms with E-state index in [1.54, 1.807) is 11.3 Å². The van der Waals surface area contributed by atoms with Crippen LogP contribution in [0.4, 0.5) is 0 Å². The molecular weight excluding hydrogens is 335 g/mol. The largest absolute Gasteiger partial charge is 0.465 e. The van der Waals surface area contributed by atoms with Gasteiger partial charge in [0.25, 0.3) is 0 Å². The number of halogens is 1. The fraction of sp³-hybridized carbons (Fsp3) is 0.0833. The van der Waals surface area contributed by atoms with Gasteiger partial charge in [-0.05, 0) is 35.7 Å². The van der Waals surface area contributed by atoms with Gasteiger partial charge in [-0.25, -0.2) is 4.79 Å². The van der Waals surface area contributed by atoms with Gasteiger partial charge in [-0.15, -0.1) is 0 Å². The number of rotatable bonds is 3. The van der Waals surface area contributed by atoms with Crippen LogP contribution < -0.4 is 21.2 Å². The Balaban J connectivity index is 2.10. The molecular formula is C12H10IO2S+. The molecule has 0 radical (unpaired) electrons. The van der Waals surface area contributed by atoms with Crippen molar-refractivity contribution in [3.05, 3.63) is 53.8 Å². The Morgan fingerprint density at radius 3 is 2.56 bits per heavy atom. The van der Waals surface area contributed by atoms with Gasteiger partial charge < -0.3 is 4.74 Å². The van der Waals surface area contributed by atoms with E-state index in [4.69, 9.17) is 0 Å². The van der Waals surface area contributed by atoms with Crippen LogP contribution in [0.1, 0.15) is 10.4 Å². The maximum absolute atomic E-state index is 11.2. The van der Waals surface area contributed by atoms with Crippen molar-refractivity contribution in [3.8, 4) is 0 Å². The molecule has 2 nitrogen and oxygen atoms in total. The first-order chi connectivity index (χ1) is 7.79. The van der Waals surface area contributed by atoms with Crippen LogP contribution >= 0.6 is 11.3 Å². The molecule has 0 aliphatic heterocycles. The van der Waals surface area contributed by atoms with E-state index in [2.05, 4.69) is 22.2 Å². The summed E-state index contributed by atoms with van der Waals surface area (Å²) >= 11 is 1.69. The molecule has 0 saturated carbocycles. The highest BCUT2D eigenvalue weighted by Gasteiger charge is 2.16. The molecule has 2 aromatic rings. The van der Waals surface area contributed by atoms with E-state index in [-0.39, 0.29) is 27.2 Å². The number of thiophene rings is 1. The summed E-state index contributed by atoms with van der Waals surface area (Å²) in [5.41, 5.74) is 0.612. The second-order valence-electron chi connectivity index (χ2n) is 3.01. The molecule has 0 fully saturated rings. The van der Waals surface area contributed by atoms with E-state index < -0.39 is 0 Å². The zero-order valence-electron chi connectivity index (χ0n) is 8.64. The minimum absolute atomic E-state index is 0.104. The molecule has 0 aliphatic carbocycles. The van der Waals surface area contributed by atoms with Crippen LogP contribution in [0.25, 0.3) is 0 Å². The lowest BCUT2D eigenvalue weighted by molar-refractivity contribution is -0.591. The van der Waals surface area contributed by atoms with Crippen LogP contribution in [-0.2, 0) is 4.74 Å². The van der Waals surface area contributed by atoms with Gasteiger partial charge >= 0.3 is 27.2 Å². The van der Waals surface area contributed by atoms with Crippen LogP contribution in [0, 0.1) is 6.45 Å². The van der Waals surface area contributed by atoms with Gasteiger partial charge in [0.15, 0.2) is 3.57 Å². The van der Waals surface area contributed by atoms with Crippen molar-refractivity contribution in [2.45, 2.75) is 0 Å². The predicted molar refractivity (Wildman–Crippen MR) is 59.5 cm³/mol. The third-order valence-electron chi connectivity index (χ3n) is 1.95. The lowest BCUT2D eigenvalue weighted by Gasteiger charge is -1.96. The Morgan fingerprint density at radius 2 is 2.00 bits per heavy atom. The Hall–Kier alpha value is -0.880. The molecule has 0 amide bonds. The summed E-state index contributed by atoms with van der Waals surface area (Å²) in [6, 6.07) is 11.9. The number of carbonyl (C=O) groups excluding carboxylic acids is 1. The third kappa shape index (κ3) is 2.82. The van der Waals surface area contributed by atoms with Crippen molar-refractivity contribution < 1.29 is 30.7 Å². The van der Waals surface area contributed by atoms with Gasteiger partial charge in [-0.2, -0.15) is 0 Å². The molecule has 0 N–H and O–H groups in total. The molecule has 0 atom stereocenters. The van der Waals surface area contributed by atoms with E-state index >= 15 is 0 Å². The smallest absolute Gasteiger partial charge is 0.369 e. The zero-order valence-corrected chi connectivity index (χ0v) is 11.6. The van der Waals surface area contributed by atoms with Crippen molar-refractivity contribution in [2.75, 3.05) is 7.11 Å². The molecule has 16 heavy (non-hydrogen) atoms. The van der Waals surface area contributed by atoms with Crippen LogP contribution in [0.15, 0.2) is 41.8 Å². The Bertz CT molecular complexity index is 462. The number of carbonyl (C=O) groups is 1. The minimum Gasteiger partial charge on any atom is -0.465 e. The van der Waals surface area contributed by atoms with Gasteiger partial charge in [-0.3, -0.25) is 0 Å². The second kappa shape index (κ2) is 5.45. The number of benzene rings is 1. The number of ether oxygens (including phenoxy) is 1. The normalized spacial score (nSPS) is 10.1. The van der Waals surface area contributed by atoms with Gasteiger partial charge in [0.2, 0.25) is 2.88 Å². The highest BCUT2D eigenvalue weighted by Crippen LogP contribution is 2.00. The maximum Gasteiger partial charge on any atom is 0.369 e. The van der Waals surface area contributed by atoms with Gasteiger partial charge in [-0.1, -0.05) is 11.3 Å². The summed E-state index contributed by atoms with van der Waals surface area (Å²) in [7, 11) is 1.40. The van der Waals surface area contributed by atoms with E-state index in [0.717, 1.165) is 0 Å². The Morgan fingerprint density at radius 1 is 1.25 bits per heavy atom. The molecule has 1 heterocycles. The third-order valence-corrected chi connectivity index (χ3v) is 6.12. The van der Waals surface area contributed by atoms with Crippen molar-refractivity contribution >= 4 is 17.3 Å². The average Bonchev–Trinajstić information content (AvgIpc) is 2.82. The molecule has 1 aromatic heterocycles. The van der Waals surface area contributed by atoms with Crippen molar-refractivity contribution in [3.63, 3.8) is 0 Å². The minimum atomic E-state index is -0.277. The molecule has 0 bridgehead atoms. The lowest BCUT2D eigenvalue weighted by atomic mass is 10.2. The molecule has 2 rings (SSSR count). The molecule has 0 saturated heterocycles. The SMILES string of the molecule is COC(=O)c1ccc([I+]c2cccs2)cc1. The topological polar surface area (TPSA) is 26.3 Å². The quantitative estimate of drug-likeness (QED) is 0.562. The molecule has 0 spiro atoms. The summed E-state index contributed by atoms with van der Waals surface area (Å²) in [5.74, 6) is -0.277. The highest BCUT2D eigenvalue weighted by atomic mass is 127. The maximum atomic E-state index is 11.2. The first-order valence-corrected chi connectivity index (χ1v) is 7.70. The van der Waals surface area contributed by atoms with Crippen LogP contribution in [0.2, 0.25) is 0 Å². The summed E-state index contributed by atoms with van der Waals surface area (Å²) in [6.45, 7) is 0. The number of hydrogen-bond acceptors (Lipinski definition) is 3. The molecule has 1 aromatic carbocycles. The summed E-state index contributed by atoms with van der Waals surface area (Å²) in [6.07, 6.45) is 0. The summed E-state index contributed by atoms with van der Waals surface area (Å²) < 4.78 is 7.40. The molecule has 0 unspecified atom stereocenters.